The highest BCUT2D eigenvalue weighted by atomic mass is 16.5. The molecule has 2 N–H and O–H groups in total. The molecule has 0 heterocycles. The molecule has 0 aromatic rings. The van der Waals surface area contributed by atoms with Gasteiger partial charge in [-0.1, -0.05) is 0 Å². The van der Waals surface area contributed by atoms with Crippen LogP contribution in [0.25, 0.3) is 0 Å². The summed E-state index contributed by atoms with van der Waals surface area (Å²) in [5.74, 6) is -0.0584. The minimum atomic E-state index is -0.0584. The Kier molecular flexibility index (Phi) is 8.51. The maximum Gasteiger partial charge on any atom is 0.216 e. The molecule has 0 aromatic carbocycles. The summed E-state index contributed by atoms with van der Waals surface area (Å²) in [5, 5.41) is 11.1. The third-order valence-electron chi connectivity index (χ3n) is 1.50. The highest BCUT2D eigenvalue weighted by Crippen LogP contribution is 1.88. The Morgan fingerprint density at radius 2 is 2.14 bits per heavy atom. The van der Waals surface area contributed by atoms with Gasteiger partial charge in [0.05, 0.1) is 32.5 Å². The van der Waals surface area contributed by atoms with E-state index in [9.17, 15) is 4.79 Å². The lowest BCUT2D eigenvalue weighted by Gasteiger charge is -2.13. The second-order valence-corrected chi connectivity index (χ2v) is 2.95. The number of aliphatic hydroxyl groups excluding tert-OH is 1. The van der Waals surface area contributed by atoms with Gasteiger partial charge in [0.15, 0.2) is 0 Å². The van der Waals surface area contributed by atoms with Gasteiger partial charge in [0.1, 0.15) is 0 Å². The second kappa shape index (κ2) is 8.93. The number of carbonyl (C=O) groups is 1. The zero-order chi connectivity index (χ0) is 10.8. The third kappa shape index (κ3) is 9.44. The molecule has 1 atom stereocenters. The summed E-state index contributed by atoms with van der Waals surface area (Å²) in [6, 6.07) is 0. The molecule has 0 radical (unpaired) electrons. The molecule has 14 heavy (non-hydrogen) atoms. The van der Waals surface area contributed by atoms with Gasteiger partial charge in [-0.2, -0.15) is 0 Å². The second-order valence-electron chi connectivity index (χ2n) is 2.95. The number of carbonyl (C=O) groups excluding carboxylic acids is 1. The van der Waals surface area contributed by atoms with Crippen LogP contribution in [0.3, 0.4) is 0 Å². The van der Waals surface area contributed by atoms with E-state index in [0.29, 0.717) is 26.4 Å². The van der Waals surface area contributed by atoms with Crippen LogP contribution in [0.15, 0.2) is 0 Å². The van der Waals surface area contributed by atoms with Crippen LogP contribution in [0.4, 0.5) is 0 Å². The van der Waals surface area contributed by atoms with E-state index in [0.717, 1.165) is 0 Å². The summed E-state index contributed by atoms with van der Waals surface area (Å²) in [7, 11) is 0. The SMILES string of the molecule is CC(=O)NCC(C)OCCOCCO. The zero-order valence-electron chi connectivity index (χ0n) is 8.78. The van der Waals surface area contributed by atoms with Crippen molar-refractivity contribution in [3.63, 3.8) is 0 Å². The number of ether oxygens (including phenoxy) is 2. The number of amides is 1. The van der Waals surface area contributed by atoms with Crippen molar-refractivity contribution >= 4 is 5.91 Å². The summed E-state index contributed by atoms with van der Waals surface area (Å²) in [6.45, 7) is 5.16. The van der Waals surface area contributed by atoms with Crippen LogP contribution in [0.1, 0.15) is 13.8 Å². The first-order chi connectivity index (χ1) is 6.66. The predicted molar refractivity (Wildman–Crippen MR) is 52.0 cm³/mol. The van der Waals surface area contributed by atoms with Gasteiger partial charge in [-0.15, -0.1) is 0 Å². The van der Waals surface area contributed by atoms with Crippen LogP contribution < -0.4 is 5.32 Å². The normalized spacial score (nSPS) is 12.5. The lowest BCUT2D eigenvalue weighted by atomic mass is 10.4. The molecule has 0 aliphatic heterocycles. The molecular weight excluding hydrogens is 186 g/mol. The van der Waals surface area contributed by atoms with Crippen molar-refractivity contribution in [3.05, 3.63) is 0 Å². The fraction of sp³-hybridized carbons (Fsp3) is 0.889. The van der Waals surface area contributed by atoms with Crippen LogP contribution in [-0.4, -0.2) is 50.1 Å². The number of hydrogen-bond acceptors (Lipinski definition) is 4. The molecule has 0 aliphatic rings. The zero-order valence-corrected chi connectivity index (χ0v) is 8.78. The summed E-state index contributed by atoms with van der Waals surface area (Å²) in [6.07, 6.45) is -0.0170. The number of nitrogens with one attached hydrogen (secondary N) is 1. The van der Waals surface area contributed by atoms with Crippen LogP contribution in [0.2, 0.25) is 0 Å². The maximum atomic E-state index is 10.5. The monoisotopic (exact) mass is 205 g/mol. The maximum absolute atomic E-state index is 10.5. The van der Waals surface area contributed by atoms with Crippen molar-refractivity contribution in [2.24, 2.45) is 0 Å². The molecular formula is C9H19NO4. The summed E-state index contributed by atoms with van der Waals surface area (Å²) < 4.78 is 10.3. The standard InChI is InChI=1S/C9H19NO4/c1-8(7-10-9(2)12)14-6-5-13-4-3-11/h8,11H,3-7H2,1-2H3,(H,10,12). The molecule has 0 saturated carbocycles. The molecule has 1 unspecified atom stereocenters. The molecule has 0 fully saturated rings. The van der Waals surface area contributed by atoms with Crippen LogP contribution in [0, 0.1) is 0 Å². The molecule has 5 heteroatoms. The van der Waals surface area contributed by atoms with Gasteiger partial charge in [-0.25, -0.2) is 0 Å². The van der Waals surface area contributed by atoms with E-state index in [4.69, 9.17) is 14.6 Å². The lowest BCUT2D eigenvalue weighted by molar-refractivity contribution is -0.119. The highest BCUT2D eigenvalue weighted by molar-refractivity contribution is 5.72. The fourth-order valence-electron chi connectivity index (χ4n) is 0.821. The van der Waals surface area contributed by atoms with Crippen molar-refractivity contribution in [1.29, 1.82) is 0 Å². The van der Waals surface area contributed by atoms with Gasteiger partial charge in [0, 0.05) is 13.5 Å². The Morgan fingerprint density at radius 3 is 2.71 bits per heavy atom. The topological polar surface area (TPSA) is 67.8 Å². The molecule has 84 valence electrons. The first-order valence-electron chi connectivity index (χ1n) is 4.71. The molecule has 0 bridgehead atoms. The summed E-state index contributed by atoms with van der Waals surface area (Å²) in [4.78, 5) is 10.5. The molecule has 0 aromatic heterocycles. The van der Waals surface area contributed by atoms with E-state index in [1.54, 1.807) is 0 Å². The third-order valence-corrected chi connectivity index (χ3v) is 1.50. The molecule has 0 rings (SSSR count). The van der Waals surface area contributed by atoms with Crippen molar-refractivity contribution in [2.45, 2.75) is 20.0 Å². The van der Waals surface area contributed by atoms with E-state index in [1.165, 1.54) is 6.92 Å². The molecule has 0 spiro atoms. The first kappa shape index (κ1) is 13.4. The minimum absolute atomic E-state index is 0.0170. The van der Waals surface area contributed by atoms with E-state index in [1.807, 2.05) is 6.92 Å². The smallest absolute Gasteiger partial charge is 0.216 e. The van der Waals surface area contributed by atoms with Gasteiger partial charge < -0.3 is 19.9 Å². The van der Waals surface area contributed by atoms with E-state index in [-0.39, 0.29) is 18.6 Å². The van der Waals surface area contributed by atoms with Crippen LogP contribution in [0.5, 0.6) is 0 Å². The Hall–Kier alpha value is -0.650. The largest absolute Gasteiger partial charge is 0.394 e. The summed E-state index contributed by atoms with van der Waals surface area (Å²) in [5.41, 5.74) is 0. The quantitative estimate of drug-likeness (QED) is 0.526. The van der Waals surface area contributed by atoms with Crippen molar-refractivity contribution in [1.82, 2.24) is 5.32 Å². The van der Waals surface area contributed by atoms with E-state index >= 15 is 0 Å². The Labute approximate surface area is 84.4 Å². The van der Waals surface area contributed by atoms with Crippen LogP contribution in [-0.2, 0) is 14.3 Å². The fourth-order valence-corrected chi connectivity index (χ4v) is 0.821. The average molecular weight is 205 g/mol. The van der Waals surface area contributed by atoms with Crippen LogP contribution >= 0.6 is 0 Å². The Bertz CT molecular complexity index is 152. The van der Waals surface area contributed by atoms with Crippen molar-refractivity contribution in [2.75, 3.05) is 33.0 Å². The van der Waals surface area contributed by atoms with Gasteiger partial charge in [0.2, 0.25) is 5.91 Å². The van der Waals surface area contributed by atoms with Gasteiger partial charge in [-0.05, 0) is 6.92 Å². The molecule has 0 aliphatic carbocycles. The van der Waals surface area contributed by atoms with Crippen molar-refractivity contribution < 1.29 is 19.4 Å². The Morgan fingerprint density at radius 1 is 1.43 bits per heavy atom. The van der Waals surface area contributed by atoms with Gasteiger partial charge in [-0.3, -0.25) is 4.79 Å². The van der Waals surface area contributed by atoms with Gasteiger partial charge in [0.25, 0.3) is 0 Å². The summed E-state index contributed by atoms with van der Waals surface area (Å²) >= 11 is 0. The van der Waals surface area contributed by atoms with Crippen molar-refractivity contribution in [3.8, 4) is 0 Å². The Balaban J connectivity index is 3.18. The van der Waals surface area contributed by atoms with E-state index < -0.39 is 0 Å². The average Bonchev–Trinajstić information content (AvgIpc) is 2.14. The highest BCUT2D eigenvalue weighted by Gasteiger charge is 2.01. The lowest BCUT2D eigenvalue weighted by Crippen LogP contribution is -2.31. The number of hydrogen-bond donors (Lipinski definition) is 2. The predicted octanol–water partition coefficient (Wildman–Crippen LogP) is -0.463. The van der Waals surface area contributed by atoms with E-state index in [2.05, 4.69) is 5.32 Å². The minimum Gasteiger partial charge on any atom is -0.394 e. The number of rotatable bonds is 8. The molecule has 0 saturated heterocycles. The van der Waals surface area contributed by atoms with Gasteiger partial charge >= 0.3 is 0 Å². The first-order valence-corrected chi connectivity index (χ1v) is 4.71. The number of aliphatic hydroxyl groups is 1. The molecule has 1 amide bonds. The molecule has 5 nitrogen and oxygen atoms in total.